The molecule has 0 saturated carbocycles. The summed E-state index contributed by atoms with van der Waals surface area (Å²) in [6.45, 7) is 2.46. The summed E-state index contributed by atoms with van der Waals surface area (Å²) in [6.07, 6.45) is 0.308. The van der Waals surface area contributed by atoms with Crippen molar-refractivity contribution < 1.29 is 23.1 Å². The Labute approximate surface area is 117 Å². The summed E-state index contributed by atoms with van der Waals surface area (Å²) >= 11 is 0. The highest BCUT2D eigenvalue weighted by Gasteiger charge is 2.36. The maximum absolute atomic E-state index is 12.4. The molecule has 0 spiro atoms. The molecule has 0 aromatic heterocycles. The van der Waals surface area contributed by atoms with E-state index in [4.69, 9.17) is 5.11 Å². The monoisotopic (exact) mass is 302 g/mol. The SMILES string of the molecule is CC(C(=O)N(CC(=O)O)C1CCS(=O)(=O)C1)=C1CNC1. The van der Waals surface area contributed by atoms with Gasteiger partial charge in [-0.25, -0.2) is 8.42 Å². The van der Waals surface area contributed by atoms with E-state index in [9.17, 15) is 18.0 Å². The van der Waals surface area contributed by atoms with Gasteiger partial charge >= 0.3 is 5.97 Å². The molecule has 112 valence electrons. The van der Waals surface area contributed by atoms with Gasteiger partial charge in [-0.05, 0) is 18.9 Å². The standard InChI is InChI=1S/C12H18N2O5S/c1-8(9-4-13-5-9)12(17)14(6-11(15)16)10-2-3-20(18,19)7-10/h10,13H,2-7H2,1H3,(H,15,16). The second-order valence-electron chi connectivity index (χ2n) is 5.22. The maximum atomic E-state index is 12.4. The lowest BCUT2D eigenvalue weighted by Crippen LogP contribution is -2.46. The Hall–Kier alpha value is -1.41. The van der Waals surface area contributed by atoms with Crippen molar-refractivity contribution in [3.8, 4) is 0 Å². The first-order chi connectivity index (χ1) is 9.30. The lowest BCUT2D eigenvalue weighted by molar-refractivity contribution is -0.144. The number of carbonyl (C=O) groups excluding carboxylic acids is 1. The van der Waals surface area contributed by atoms with E-state index < -0.39 is 28.4 Å². The summed E-state index contributed by atoms with van der Waals surface area (Å²) in [6, 6.07) is -0.535. The van der Waals surface area contributed by atoms with Crippen LogP contribution < -0.4 is 5.32 Å². The average Bonchev–Trinajstić information content (AvgIpc) is 2.62. The molecule has 2 saturated heterocycles. The molecule has 0 aliphatic carbocycles. The Bertz CT molecular complexity index is 560. The zero-order valence-electron chi connectivity index (χ0n) is 11.3. The molecule has 0 aromatic rings. The van der Waals surface area contributed by atoms with Crippen molar-refractivity contribution in [3.63, 3.8) is 0 Å². The molecule has 7 nitrogen and oxygen atoms in total. The highest BCUT2D eigenvalue weighted by Crippen LogP contribution is 2.21. The van der Waals surface area contributed by atoms with E-state index in [1.807, 2.05) is 0 Å². The molecule has 2 aliphatic heterocycles. The molecule has 0 bridgehead atoms. The Kier molecular flexibility index (Phi) is 4.14. The van der Waals surface area contributed by atoms with Gasteiger partial charge in [0.2, 0.25) is 5.91 Å². The van der Waals surface area contributed by atoms with Crippen LogP contribution in [0.1, 0.15) is 13.3 Å². The number of carbonyl (C=O) groups is 2. The predicted octanol–water partition coefficient (Wildman–Crippen LogP) is -0.994. The van der Waals surface area contributed by atoms with Gasteiger partial charge in [-0.3, -0.25) is 9.59 Å². The van der Waals surface area contributed by atoms with Crippen molar-refractivity contribution >= 4 is 21.7 Å². The topological polar surface area (TPSA) is 104 Å². The number of amides is 1. The van der Waals surface area contributed by atoms with Gasteiger partial charge in [0.1, 0.15) is 6.54 Å². The van der Waals surface area contributed by atoms with E-state index in [1.165, 1.54) is 4.90 Å². The van der Waals surface area contributed by atoms with Gasteiger partial charge in [0.05, 0.1) is 11.5 Å². The minimum Gasteiger partial charge on any atom is -0.480 e. The van der Waals surface area contributed by atoms with Gasteiger partial charge in [0.25, 0.3) is 0 Å². The molecule has 2 N–H and O–H groups in total. The van der Waals surface area contributed by atoms with E-state index in [2.05, 4.69) is 5.32 Å². The summed E-state index contributed by atoms with van der Waals surface area (Å²) in [4.78, 5) is 24.5. The Morgan fingerprint density at radius 1 is 1.40 bits per heavy atom. The fourth-order valence-corrected chi connectivity index (χ4v) is 4.15. The second-order valence-corrected chi connectivity index (χ2v) is 7.44. The molecule has 2 rings (SSSR count). The second kappa shape index (κ2) is 5.53. The highest BCUT2D eigenvalue weighted by molar-refractivity contribution is 7.91. The molecule has 2 fully saturated rings. The van der Waals surface area contributed by atoms with Crippen LogP contribution in [-0.4, -0.2) is 67.5 Å². The molecule has 8 heteroatoms. The maximum Gasteiger partial charge on any atom is 0.323 e. The molecule has 1 atom stereocenters. The molecule has 2 aliphatic rings. The van der Waals surface area contributed by atoms with E-state index in [-0.39, 0.29) is 17.4 Å². The molecule has 0 aromatic carbocycles. The van der Waals surface area contributed by atoms with Crippen LogP contribution in [-0.2, 0) is 19.4 Å². The summed E-state index contributed by atoms with van der Waals surface area (Å²) in [7, 11) is -3.16. The van der Waals surface area contributed by atoms with Gasteiger partial charge in [0, 0.05) is 24.7 Å². The summed E-state index contributed by atoms with van der Waals surface area (Å²) in [5.41, 5.74) is 1.47. The number of nitrogens with one attached hydrogen (secondary N) is 1. The van der Waals surface area contributed by atoms with Crippen molar-refractivity contribution in [1.29, 1.82) is 0 Å². The van der Waals surface area contributed by atoms with Crippen LogP contribution in [0.4, 0.5) is 0 Å². The third kappa shape index (κ3) is 3.18. The van der Waals surface area contributed by atoms with Crippen molar-refractivity contribution in [2.75, 3.05) is 31.1 Å². The third-order valence-electron chi connectivity index (χ3n) is 3.74. The van der Waals surface area contributed by atoms with Crippen LogP contribution in [0.2, 0.25) is 0 Å². The van der Waals surface area contributed by atoms with Gasteiger partial charge in [-0.1, -0.05) is 0 Å². The van der Waals surface area contributed by atoms with Crippen LogP contribution in [0.3, 0.4) is 0 Å². The predicted molar refractivity (Wildman–Crippen MR) is 72.0 cm³/mol. The van der Waals surface area contributed by atoms with E-state index >= 15 is 0 Å². The number of carboxylic acid groups (broad SMARTS) is 1. The summed E-state index contributed by atoms with van der Waals surface area (Å²) in [5.74, 6) is -1.64. The van der Waals surface area contributed by atoms with Crippen LogP contribution in [0.25, 0.3) is 0 Å². The highest BCUT2D eigenvalue weighted by atomic mass is 32.2. The smallest absolute Gasteiger partial charge is 0.323 e. The first kappa shape index (κ1) is 15.0. The first-order valence-electron chi connectivity index (χ1n) is 6.42. The molecule has 20 heavy (non-hydrogen) atoms. The van der Waals surface area contributed by atoms with E-state index in [0.29, 0.717) is 25.1 Å². The normalized spacial score (nSPS) is 24.1. The van der Waals surface area contributed by atoms with E-state index in [1.54, 1.807) is 6.92 Å². The Morgan fingerprint density at radius 2 is 2.05 bits per heavy atom. The molecular weight excluding hydrogens is 284 g/mol. The fraction of sp³-hybridized carbons (Fsp3) is 0.667. The van der Waals surface area contributed by atoms with Gasteiger partial charge < -0.3 is 15.3 Å². The Balaban J connectivity index is 2.19. The third-order valence-corrected chi connectivity index (χ3v) is 5.49. The zero-order valence-corrected chi connectivity index (χ0v) is 12.1. The number of carboxylic acids is 1. The van der Waals surface area contributed by atoms with Gasteiger partial charge in [-0.2, -0.15) is 0 Å². The van der Waals surface area contributed by atoms with Crippen molar-refractivity contribution in [3.05, 3.63) is 11.1 Å². The number of hydrogen-bond donors (Lipinski definition) is 2. The summed E-state index contributed by atoms with van der Waals surface area (Å²) < 4.78 is 23.0. The van der Waals surface area contributed by atoms with Crippen LogP contribution in [0.15, 0.2) is 11.1 Å². The first-order valence-corrected chi connectivity index (χ1v) is 8.25. The van der Waals surface area contributed by atoms with Crippen LogP contribution in [0.5, 0.6) is 0 Å². The minimum absolute atomic E-state index is 0.0121. The van der Waals surface area contributed by atoms with Gasteiger partial charge in [-0.15, -0.1) is 0 Å². The number of nitrogens with zero attached hydrogens (tertiary/aromatic N) is 1. The summed E-state index contributed by atoms with van der Waals surface area (Å²) in [5, 5.41) is 12.0. The molecule has 2 heterocycles. The lowest BCUT2D eigenvalue weighted by Gasteiger charge is -2.29. The largest absolute Gasteiger partial charge is 0.480 e. The number of hydrogen-bond acceptors (Lipinski definition) is 5. The fourth-order valence-electron chi connectivity index (χ4n) is 2.42. The van der Waals surface area contributed by atoms with Crippen molar-refractivity contribution in [1.82, 2.24) is 10.2 Å². The average molecular weight is 302 g/mol. The van der Waals surface area contributed by atoms with Crippen molar-refractivity contribution in [2.24, 2.45) is 0 Å². The Morgan fingerprint density at radius 3 is 2.45 bits per heavy atom. The quantitative estimate of drug-likeness (QED) is 0.646. The minimum atomic E-state index is -3.16. The molecular formula is C12H18N2O5S. The van der Waals surface area contributed by atoms with E-state index in [0.717, 1.165) is 5.57 Å². The molecule has 1 amide bonds. The number of sulfone groups is 1. The lowest BCUT2D eigenvalue weighted by atomic mass is 10.0. The zero-order chi connectivity index (χ0) is 14.9. The number of aliphatic carboxylic acids is 1. The van der Waals surface area contributed by atoms with Crippen LogP contribution in [0, 0.1) is 0 Å². The van der Waals surface area contributed by atoms with Gasteiger partial charge in [0.15, 0.2) is 9.84 Å². The molecule has 1 unspecified atom stereocenters. The number of rotatable bonds is 4. The molecule has 0 radical (unpaired) electrons. The van der Waals surface area contributed by atoms with Crippen molar-refractivity contribution in [2.45, 2.75) is 19.4 Å². The van der Waals surface area contributed by atoms with Crippen LogP contribution >= 0.6 is 0 Å².